The molecule has 0 aliphatic rings. The van der Waals surface area contributed by atoms with Gasteiger partial charge in [0.25, 0.3) is 0 Å². The third-order valence-electron chi connectivity index (χ3n) is 12.9. The average Bonchev–Trinajstić information content (AvgIpc) is 3.92. The molecule has 0 spiro atoms. The van der Waals surface area contributed by atoms with Crippen molar-refractivity contribution in [3.63, 3.8) is 0 Å². The Labute approximate surface area is 391 Å². The summed E-state index contributed by atoms with van der Waals surface area (Å²) in [6, 6.07) is 56.8. The molecule has 0 unspecified atom stereocenters. The minimum atomic E-state index is -2.27. The highest BCUT2D eigenvalue weighted by Crippen LogP contribution is 2.46. The molecular formula is C59H32F5N5. The van der Waals surface area contributed by atoms with Gasteiger partial charge in [-0.2, -0.15) is 0 Å². The van der Waals surface area contributed by atoms with Gasteiger partial charge in [-0.25, -0.2) is 26.8 Å². The van der Waals surface area contributed by atoms with Gasteiger partial charge in [0.15, 0.2) is 23.3 Å². The molecule has 0 bridgehead atoms. The summed E-state index contributed by atoms with van der Waals surface area (Å²) in [6.07, 6.45) is 3.60. The zero-order chi connectivity index (χ0) is 46.9. The molecule has 0 aliphatic carbocycles. The number of rotatable bonds is 7. The molecule has 10 heteroatoms. The molecule has 0 atom stereocenters. The highest BCUT2D eigenvalue weighted by molar-refractivity contribution is 6.13. The number of aromatic nitrogens is 4. The monoisotopic (exact) mass is 905 g/mol. The maximum atomic E-state index is 16.4. The van der Waals surface area contributed by atoms with E-state index in [4.69, 9.17) is 16.5 Å². The molecule has 5 nitrogen and oxygen atoms in total. The standard InChI is InChI=1S/C59H32F5N5/c1-65-47-31-52(68-48-18-10-8-16-40(48)42-28-36(22-26-50(42)68)38-20-24-45(66-32-38)34-12-4-2-5-13-34)44(54-55(60)57(62)59(64)58(63)56(54)61)30-53(47)69-49-19-11-9-17-41(49)43-29-37(23-27-51(43)69)39-21-25-46(67-33-39)35-14-6-3-7-15-35/h2-33H. The van der Waals surface area contributed by atoms with Crippen molar-refractivity contribution in [1.82, 2.24) is 19.1 Å². The van der Waals surface area contributed by atoms with Crippen LogP contribution in [0.25, 0.3) is 116 Å². The lowest BCUT2D eigenvalue weighted by molar-refractivity contribution is 0.381. The number of para-hydroxylation sites is 2. The second-order valence-corrected chi connectivity index (χ2v) is 16.7. The molecule has 4 heterocycles. The van der Waals surface area contributed by atoms with Crippen LogP contribution in [0.2, 0.25) is 0 Å². The number of fused-ring (bicyclic) bond motifs is 6. The summed E-state index contributed by atoms with van der Waals surface area (Å²) < 4.78 is 81.9. The Morgan fingerprint density at radius 3 is 1.25 bits per heavy atom. The molecule has 0 saturated heterocycles. The molecule has 0 amide bonds. The van der Waals surface area contributed by atoms with E-state index in [1.54, 1.807) is 21.4 Å². The first kappa shape index (κ1) is 41.2. The fourth-order valence-electron chi connectivity index (χ4n) is 9.57. The Morgan fingerprint density at radius 2 is 0.783 bits per heavy atom. The molecule has 0 fully saturated rings. The molecule has 8 aromatic carbocycles. The van der Waals surface area contributed by atoms with Crippen molar-refractivity contribution in [1.29, 1.82) is 0 Å². The summed E-state index contributed by atoms with van der Waals surface area (Å²) in [5.41, 5.74) is 8.29. The molecule has 4 aromatic heterocycles. The molecule has 0 aliphatic heterocycles. The lowest BCUT2D eigenvalue weighted by atomic mass is 9.99. The van der Waals surface area contributed by atoms with E-state index in [0.717, 1.165) is 66.3 Å². The second kappa shape index (κ2) is 16.3. The van der Waals surface area contributed by atoms with Crippen LogP contribution < -0.4 is 0 Å². The summed E-state index contributed by atoms with van der Waals surface area (Å²) >= 11 is 0. The first-order valence-corrected chi connectivity index (χ1v) is 22.0. The van der Waals surface area contributed by atoms with Crippen molar-refractivity contribution in [3.05, 3.63) is 235 Å². The third-order valence-corrected chi connectivity index (χ3v) is 12.9. The van der Waals surface area contributed by atoms with Gasteiger partial charge >= 0.3 is 0 Å². The van der Waals surface area contributed by atoms with Crippen molar-refractivity contribution >= 4 is 49.3 Å². The van der Waals surface area contributed by atoms with E-state index >= 15 is 17.6 Å². The Balaban J connectivity index is 1.08. The quantitative estimate of drug-likeness (QED) is 0.0692. The summed E-state index contributed by atoms with van der Waals surface area (Å²) in [5, 5.41) is 3.11. The first-order chi connectivity index (χ1) is 33.8. The maximum absolute atomic E-state index is 16.4. The molecule has 0 radical (unpaired) electrons. The molecule has 328 valence electrons. The van der Waals surface area contributed by atoms with E-state index < -0.39 is 34.6 Å². The topological polar surface area (TPSA) is 40.0 Å². The predicted molar refractivity (Wildman–Crippen MR) is 264 cm³/mol. The van der Waals surface area contributed by atoms with Crippen LogP contribution in [-0.2, 0) is 0 Å². The molecule has 0 saturated carbocycles. The second-order valence-electron chi connectivity index (χ2n) is 16.7. The highest BCUT2D eigenvalue weighted by atomic mass is 19.2. The zero-order valence-electron chi connectivity index (χ0n) is 36.1. The largest absolute Gasteiger partial charge is 0.319 e. The lowest BCUT2D eigenvalue weighted by Gasteiger charge is -2.20. The number of nitrogens with zero attached hydrogens (tertiary/aromatic N) is 5. The number of hydrogen-bond acceptors (Lipinski definition) is 2. The number of halogens is 5. The van der Waals surface area contributed by atoms with Crippen LogP contribution in [0.4, 0.5) is 27.6 Å². The van der Waals surface area contributed by atoms with E-state index in [-0.39, 0.29) is 22.6 Å². The zero-order valence-corrected chi connectivity index (χ0v) is 36.1. The van der Waals surface area contributed by atoms with Gasteiger partial charge in [0, 0.05) is 67.4 Å². The molecule has 12 rings (SSSR count). The van der Waals surface area contributed by atoms with E-state index in [0.29, 0.717) is 22.1 Å². The van der Waals surface area contributed by atoms with Crippen molar-refractivity contribution in [2.45, 2.75) is 0 Å². The first-order valence-electron chi connectivity index (χ1n) is 22.0. The van der Waals surface area contributed by atoms with Gasteiger partial charge < -0.3 is 9.13 Å². The number of hydrogen-bond donors (Lipinski definition) is 0. The third kappa shape index (κ3) is 6.66. The van der Waals surface area contributed by atoms with Crippen LogP contribution >= 0.6 is 0 Å². The normalized spacial score (nSPS) is 11.5. The Hall–Kier alpha value is -9.20. The number of pyridine rings is 2. The highest BCUT2D eigenvalue weighted by Gasteiger charge is 2.31. The van der Waals surface area contributed by atoms with Gasteiger partial charge in [0.05, 0.1) is 51.3 Å². The average molecular weight is 906 g/mol. The van der Waals surface area contributed by atoms with Crippen LogP contribution in [0, 0.1) is 35.7 Å². The van der Waals surface area contributed by atoms with E-state index in [1.807, 2.05) is 170 Å². The molecular weight excluding hydrogens is 874 g/mol. The van der Waals surface area contributed by atoms with Crippen LogP contribution in [-0.4, -0.2) is 19.1 Å². The minimum absolute atomic E-state index is 0.0373. The molecule has 69 heavy (non-hydrogen) atoms. The summed E-state index contributed by atoms with van der Waals surface area (Å²) in [7, 11) is 0. The smallest absolute Gasteiger partial charge is 0.212 e. The minimum Gasteiger partial charge on any atom is -0.319 e. The van der Waals surface area contributed by atoms with Crippen molar-refractivity contribution < 1.29 is 22.0 Å². The van der Waals surface area contributed by atoms with E-state index in [2.05, 4.69) is 4.85 Å². The SMILES string of the molecule is [C-]#[N+]c1cc(-n2c3ccccc3c3cc(-c4ccc(-c5ccccc5)nc4)ccc32)c(-c2c(F)c(F)c(F)c(F)c2F)cc1-n1c2ccccc2c2cc(-c3ccc(-c4ccccc4)nc3)ccc21. The van der Waals surface area contributed by atoms with Crippen LogP contribution in [0.3, 0.4) is 0 Å². The van der Waals surface area contributed by atoms with Crippen molar-refractivity contribution in [2.24, 2.45) is 0 Å². The van der Waals surface area contributed by atoms with Gasteiger partial charge in [-0.15, -0.1) is 0 Å². The van der Waals surface area contributed by atoms with Crippen molar-refractivity contribution in [2.75, 3.05) is 0 Å². The van der Waals surface area contributed by atoms with Gasteiger partial charge in [-0.1, -0.05) is 121 Å². The van der Waals surface area contributed by atoms with Gasteiger partial charge in [0.1, 0.15) is 0 Å². The van der Waals surface area contributed by atoms with Crippen LogP contribution in [0.15, 0.2) is 194 Å². The maximum Gasteiger partial charge on any atom is 0.212 e. The van der Waals surface area contributed by atoms with Gasteiger partial charge in [-0.05, 0) is 71.8 Å². The van der Waals surface area contributed by atoms with Crippen LogP contribution in [0.5, 0.6) is 0 Å². The fraction of sp³-hybridized carbons (Fsp3) is 0. The van der Waals surface area contributed by atoms with E-state index in [1.165, 1.54) is 12.1 Å². The predicted octanol–water partition coefficient (Wildman–Crippen LogP) is 16.3. The van der Waals surface area contributed by atoms with Gasteiger partial charge in [0.2, 0.25) is 11.5 Å². The van der Waals surface area contributed by atoms with Crippen molar-refractivity contribution in [3.8, 4) is 67.3 Å². The van der Waals surface area contributed by atoms with Gasteiger partial charge in [-0.3, -0.25) is 9.97 Å². The molecule has 12 aromatic rings. The fourth-order valence-corrected chi connectivity index (χ4v) is 9.57. The summed E-state index contributed by atoms with van der Waals surface area (Å²) in [4.78, 5) is 13.4. The Kier molecular flexibility index (Phi) is 9.74. The Bertz CT molecular complexity index is 4030. The number of benzene rings is 8. The molecule has 0 N–H and O–H groups in total. The Morgan fingerprint density at radius 1 is 0.362 bits per heavy atom. The van der Waals surface area contributed by atoms with Crippen LogP contribution in [0.1, 0.15) is 0 Å². The lowest BCUT2D eigenvalue weighted by Crippen LogP contribution is -2.07. The van der Waals surface area contributed by atoms with E-state index in [9.17, 15) is 4.39 Å². The summed E-state index contributed by atoms with van der Waals surface area (Å²) in [5.74, 6) is -10.4. The summed E-state index contributed by atoms with van der Waals surface area (Å²) in [6.45, 7) is 8.60.